The van der Waals surface area contributed by atoms with Gasteiger partial charge < -0.3 is 5.32 Å². The van der Waals surface area contributed by atoms with E-state index in [0.29, 0.717) is 31.5 Å². The fourth-order valence-corrected chi connectivity index (χ4v) is 4.52. The first-order chi connectivity index (χ1) is 12.4. The van der Waals surface area contributed by atoms with Crippen LogP contribution >= 0.6 is 11.6 Å². The van der Waals surface area contributed by atoms with Crippen LogP contribution in [0.2, 0.25) is 5.15 Å². The van der Waals surface area contributed by atoms with Crippen LogP contribution in [0.5, 0.6) is 0 Å². The third-order valence-electron chi connectivity index (χ3n) is 4.52. The van der Waals surface area contributed by atoms with E-state index in [1.807, 2.05) is 25.1 Å². The van der Waals surface area contributed by atoms with Crippen molar-refractivity contribution in [2.24, 2.45) is 0 Å². The minimum atomic E-state index is -3.59. The molecule has 1 saturated heterocycles. The lowest BCUT2D eigenvalue weighted by Crippen LogP contribution is -2.46. The average molecular weight is 394 g/mol. The summed E-state index contributed by atoms with van der Waals surface area (Å²) in [4.78, 5) is 16.4. The van der Waals surface area contributed by atoms with Crippen LogP contribution in [0.4, 0.5) is 0 Å². The second-order valence-corrected chi connectivity index (χ2v) is 8.61. The maximum atomic E-state index is 12.6. The highest BCUT2D eigenvalue weighted by molar-refractivity contribution is 7.89. The number of benzene rings is 1. The van der Waals surface area contributed by atoms with Crippen LogP contribution in [0.3, 0.4) is 0 Å². The van der Waals surface area contributed by atoms with Gasteiger partial charge in [0.05, 0.1) is 0 Å². The summed E-state index contributed by atoms with van der Waals surface area (Å²) in [6.45, 7) is 2.59. The van der Waals surface area contributed by atoms with Gasteiger partial charge in [0.15, 0.2) is 0 Å². The van der Waals surface area contributed by atoms with Crippen molar-refractivity contribution in [1.82, 2.24) is 14.6 Å². The zero-order valence-electron chi connectivity index (χ0n) is 14.4. The predicted octanol–water partition coefficient (Wildman–Crippen LogP) is 2.63. The summed E-state index contributed by atoms with van der Waals surface area (Å²) in [6.07, 6.45) is 2.40. The lowest BCUT2D eigenvalue weighted by Gasteiger charge is -2.31. The Hall–Kier alpha value is -1.96. The maximum Gasteiger partial charge on any atom is 0.251 e. The first-order valence-corrected chi connectivity index (χ1v) is 10.2. The minimum Gasteiger partial charge on any atom is -0.349 e. The van der Waals surface area contributed by atoms with Gasteiger partial charge in [0, 0.05) is 30.9 Å². The first kappa shape index (κ1) is 18.8. The Labute approximate surface area is 158 Å². The van der Waals surface area contributed by atoms with Crippen molar-refractivity contribution >= 4 is 27.5 Å². The van der Waals surface area contributed by atoms with Gasteiger partial charge in [-0.2, -0.15) is 4.31 Å². The largest absolute Gasteiger partial charge is 0.349 e. The zero-order chi connectivity index (χ0) is 18.7. The molecule has 3 rings (SSSR count). The van der Waals surface area contributed by atoms with Crippen molar-refractivity contribution in [3.8, 4) is 0 Å². The van der Waals surface area contributed by atoms with E-state index in [1.165, 1.54) is 22.6 Å². The molecular formula is C18H20ClN3O3S. The van der Waals surface area contributed by atoms with Crippen molar-refractivity contribution in [2.75, 3.05) is 13.1 Å². The zero-order valence-corrected chi connectivity index (χ0v) is 15.9. The number of rotatable bonds is 4. The van der Waals surface area contributed by atoms with E-state index in [1.54, 1.807) is 6.07 Å². The van der Waals surface area contributed by atoms with E-state index in [9.17, 15) is 13.2 Å². The number of nitrogens with zero attached hydrogens (tertiary/aromatic N) is 2. The quantitative estimate of drug-likeness (QED) is 0.810. The third kappa shape index (κ3) is 4.06. The lowest BCUT2D eigenvalue weighted by atomic mass is 10.0. The predicted molar refractivity (Wildman–Crippen MR) is 99.7 cm³/mol. The Kier molecular flexibility index (Phi) is 5.60. The molecule has 8 heteroatoms. The number of nitrogens with one attached hydrogen (secondary N) is 1. The van der Waals surface area contributed by atoms with E-state index in [4.69, 9.17) is 11.6 Å². The molecule has 1 aliphatic rings. The molecule has 0 saturated carbocycles. The van der Waals surface area contributed by atoms with Crippen molar-refractivity contribution in [2.45, 2.75) is 30.7 Å². The molecule has 1 N–H and O–H groups in total. The monoisotopic (exact) mass is 393 g/mol. The van der Waals surface area contributed by atoms with Gasteiger partial charge in [0.25, 0.3) is 5.91 Å². The van der Waals surface area contributed by atoms with Crippen LogP contribution in [0.1, 0.15) is 28.8 Å². The maximum absolute atomic E-state index is 12.6. The van der Waals surface area contributed by atoms with Gasteiger partial charge >= 0.3 is 0 Å². The molecule has 0 atom stereocenters. The van der Waals surface area contributed by atoms with E-state index in [0.717, 1.165) is 5.56 Å². The summed E-state index contributed by atoms with van der Waals surface area (Å²) < 4.78 is 26.7. The summed E-state index contributed by atoms with van der Waals surface area (Å²) in [5.41, 5.74) is 1.56. The number of amides is 1. The molecule has 1 aliphatic heterocycles. The van der Waals surface area contributed by atoms with Crippen LogP contribution in [0.15, 0.2) is 47.5 Å². The van der Waals surface area contributed by atoms with Gasteiger partial charge in [0.2, 0.25) is 10.0 Å². The molecule has 2 heterocycles. The van der Waals surface area contributed by atoms with Gasteiger partial charge in [0.1, 0.15) is 10.0 Å². The fourth-order valence-electron chi connectivity index (χ4n) is 3.00. The van der Waals surface area contributed by atoms with E-state index < -0.39 is 10.0 Å². The fraction of sp³-hybridized carbons (Fsp3) is 0.333. The van der Waals surface area contributed by atoms with Crippen molar-refractivity contribution in [3.63, 3.8) is 0 Å². The van der Waals surface area contributed by atoms with Gasteiger partial charge in [-0.05, 0) is 43.5 Å². The normalized spacial score (nSPS) is 16.4. The molecule has 0 unspecified atom stereocenters. The number of aryl methyl sites for hydroxylation is 1. The van der Waals surface area contributed by atoms with Gasteiger partial charge in [-0.15, -0.1) is 0 Å². The number of aromatic nitrogens is 1. The molecule has 0 radical (unpaired) electrons. The van der Waals surface area contributed by atoms with E-state index in [-0.39, 0.29) is 22.0 Å². The number of carbonyl (C=O) groups is 1. The number of halogens is 1. The molecule has 1 aromatic heterocycles. The van der Waals surface area contributed by atoms with Crippen molar-refractivity contribution in [3.05, 3.63) is 58.9 Å². The number of hydrogen-bond acceptors (Lipinski definition) is 4. The molecule has 138 valence electrons. The van der Waals surface area contributed by atoms with Crippen molar-refractivity contribution < 1.29 is 13.2 Å². The molecule has 1 aromatic carbocycles. The van der Waals surface area contributed by atoms with Crippen LogP contribution in [0.25, 0.3) is 0 Å². The molecular weight excluding hydrogens is 374 g/mol. The smallest absolute Gasteiger partial charge is 0.251 e. The minimum absolute atomic E-state index is 0.0445. The molecule has 2 aromatic rings. The Balaban J connectivity index is 1.61. The van der Waals surface area contributed by atoms with Crippen molar-refractivity contribution in [1.29, 1.82) is 0 Å². The first-order valence-electron chi connectivity index (χ1n) is 8.36. The molecule has 0 spiro atoms. The summed E-state index contributed by atoms with van der Waals surface area (Å²) in [6, 6.07) is 10.3. The Morgan fingerprint density at radius 1 is 1.19 bits per heavy atom. The Morgan fingerprint density at radius 2 is 1.88 bits per heavy atom. The summed E-state index contributed by atoms with van der Waals surface area (Å²) in [7, 11) is -3.59. The topological polar surface area (TPSA) is 79.4 Å². The van der Waals surface area contributed by atoms with Gasteiger partial charge in [-0.3, -0.25) is 4.79 Å². The standard InChI is InChI=1S/C18H20ClN3O3S/c1-13-4-2-3-5-16(13)18(23)21-14-8-10-22(11-9-14)26(24,25)15-6-7-17(19)20-12-15/h2-7,12,14H,8-11H2,1H3,(H,21,23). The van der Waals surface area contributed by atoms with E-state index in [2.05, 4.69) is 10.3 Å². The number of carbonyl (C=O) groups excluding carboxylic acids is 1. The van der Waals surface area contributed by atoms with E-state index >= 15 is 0 Å². The number of piperidine rings is 1. The number of sulfonamides is 1. The lowest BCUT2D eigenvalue weighted by molar-refractivity contribution is 0.0923. The third-order valence-corrected chi connectivity index (χ3v) is 6.62. The molecule has 0 bridgehead atoms. The van der Waals surface area contributed by atoms with Crippen LogP contribution in [0, 0.1) is 6.92 Å². The molecule has 1 amide bonds. The summed E-state index contributed by atoms with van der Waals surface area (Å²) in [5, 5.41) is 3.26. The molecule has 6 nitrogen and oxygen atoms in total. The SMILES string of the molecule is Cc1ccccc1C(=O)NC1CCN(S(=O)(=O)c2ccc(Cl)nc2)CC1. The molecule has 0 aliphatic carbocycles. The van der Waals surface area contributed by atoms with Crippen LogP contribution in [-0.2, 0) is 10.0 Å². The second kappa shape index (κ2) is 7.73. The molecule has 1 fully saturated rings. The molecule has 26 heavy (non-hydrogen) atoms. The highest BCUT2D eigenvalue weighted by Crippen LogP contribution is 2.21. The second-order valence-electron chi connectivity index (χ2n) is 6.28. The van der Waals surface area contributed by atoms with Crippen LogP contribution in [-0.4, -0.2) is 42.7 Å². The number of pyridine rings is 1. The summed E-state index contributed by atoms with van der Waals surface area (Å²) in [5.74, 6) is -0.119. The highest BCUT2D eigenvalue weighted by Gasteiger charge is 2.30. The highest BCUT2D eigenvalue weighted by atomic mass is 35.5. The van der Waals surface area contributed by atoms with Crippen LogP contribution < -0.4 is 5.32 Å². The van der Waals surface area contributed by atoms with Gasteiger partial charge in [-0.25, -0.2) is 13.4 Å². The Bertz CT molecular complexity index is 892. The number of hydrogen-bond donors (Lipinski definition) is 1. The Morgan fingerprint density at radius 3 is 2.50 bits per heavy atom. The van der Waals surface area contributed by atoms with Gasteiger partial charge in [-0.1, -0.05) is 29.8 Å². The summed E-state index contributed by atoms with van der Waals surface area (Å²) >= 11 is 5.72. The average Bonchev–Trinajstić information content (AvgIpc) is 2.63.